The molecular weight excluding hydrogens is 260 g/mol. The van der Waals surface area contributed by atoms with Crippen LogP contribution in [-0.2, 0) is 0 Å². The Balaban J connectivity index is 2.01. The molecule has 0 bridgehead atoms. The molecule has 1 aromatic heterocycles. The summed E-state index contributed by atoms with van der Waals surface area (Å²) in [5, 5.41) is 0.958. The number of carbonyl (C=O) groups is 1. The standard InChI is InChI=1S/C18H18N2O/c1-12-8-9-17(13(2)10-12)20(3)18(21)15-11-19-16-7-5-4-6-14(15)16/h4-11,19H,1-3H3. The van der Waals surface area contributed by atoms with E-state index in [1.807, 2.05) is 50.4 Å². The number of nitrogens with one attached hydrogen (secondary N) is 1. The molecule has 1 amide bonds. The second-order valence-corrected chi connectivity index (χ2v) is 5.40. The Bertz CT molecular complexity index is 817. The van der Waals surface area contributed by atoms with Gasteiger partial charge in [0, 0.05) is 29.8 Å². The number of amides is 1. The van der Waals surface area contributed by atoms with Crippen molar-refractivity contribution in [3.63, 3.8) is 0 Å². The largest absolute Gasteiger partial charge is 0.360 e. The van der Waals surface area contributed by atoms with Gasteiger partial charge in [-0.05, 0) is 31.5 Å². The van der Waals surface area contributed by atoms with Crippen molar-refractivity contribution in [3.05, 3.63) is 65.4 Å². The van der Waals surface area contributed by atoms with Crippen LogP contribution in [-0.4, -0.2) is 17.9 Å². The summed E-state index contributed by atoms with van der Waals surface area (Å²) in [7, 11) is 1.82. The Labute approximate surface area is 124 Å². The number of carbonyl (C=O) groups excluding carboxylic acids is 1. The van der Waals surface area contributed by atoms with Crippen LogP contribution in [0, 0.1) is 13.8 Å². The number of hydrogen-bond acceptors (Lipinski definition) is 1. The zero-order chi connectivity index (χ0) is 15.0. The van der Waals surface area contributed by atoms with Crippen molar-refractivity contribution in [1.82, 2.24) is 4.98 Å². The highest BCUT2D eigenvalue weighted by Crippen LogP contribution is 2.24. The van der Waals surface area contributed by atoms with Gasteiger partial charge in [-0.3, -0.25) is 4.79 Å². The second-order valence-electron chi connectivity index (χ2n) is 5.40. The summed E-state index contributed by atoms with van der Waals surface area (Å²) >= 11 is 0. The van der Waals surface area contributed by atoms with Gasteiger partial charge in [0.25, 0.3) is 5.91 Å². The summed E-state index contributed by atoms with van der Waals surface area (Å²) in [6, 6.07) is 14.0. The lowest BCUT2D eigenvalue weighted by Gasteiger charge is -2.19. The second kappa shape index (κ2) is 5.09. The SMILES string of the molecule is Cc1ccc(N(C)C(=O)c2c[nH]c3ccccc23)c(C)c1. The highest BCUT2D eigenvalue weighted by Gasteiger charge is 2.18. The van der Waals surface area contributed by atoms with Crippen LogP contribution in [0.1, 0.15) is 21.5 Å². The lowest BCUT2D eigenvalue weighted by molar-refractivity contribution is 0.0994. The van der Waals surface area contributed by atoms with E-state index in [4.69, 9.17) is 0 Å². The van der Waals surface area contributed by atoms with E-state index in [1.165, 1.54) is 5.56 Å². The third kappa shape index (κ3) is 2.31. The molecule has 0 aliphatic rings. The molecule has 2 aromatic carbocycles. The molecule has 0 fully saturated rings. The van der Waals surface area contributed by atoms with E-state index in [0.29, 0.717) is 5.56 Å². The summed E-state index contributed by atoms with van der Waals surface area (Å²) in [6.45, 7) is 4.08. The first-order valence-electron chi connectivity index (χ1n) is 6.99. The van der Waals surface area contributed by atoms with Crippen molar-refractivity contribution in [2.24, 2.45) is 0 Å². The van der Waals surface area contributed by atoms with Gasteiger partial charge in [0.15, 0.2) is 0 Å². The van der Waals surface area contributed by atoms with Crippen LogP contribution in [0.15, 0.2) is 48.7 Å². The van der Waals surface area contributed by atoms with E-state index in [2.05, 4.69) is 18.0 Å². The van der Waals surface area contributed by atoms with Crippen LogP contribution in [0.3, 0.4) is 0 Å². The molecule has 1 heterocycles. The van der Waals surface area contributed by atoms with Gasteiger partial charge in [-0.1, -0.05) is 35.9 Å². The summed E-state index contributed by atoms with van der Waals surface area (Å²) < 4.78 is 0. The Hall–Kier alpha value is -2.55. The molecule has 3 nitrogen and oxygen atoms in total. The summed E-state index contributed by atoms with van der Waals surface area (Å²) in [4.78, 5) is 17.6. The van der Waals surface area contributed by atoms with Crippen molar-refractivity contribution < 1.29 is 4.79 Å². The van der Waals surface area contributed by atoms with Gasteiger partial charge in [-0.25, -0.2) is 0 Å². The average molecular weight is 278 g/mol. The molecule has 0 aliphatic heterocycles. The smallest absolute Gasteiger partial charge is 0.260 e. The van der Waals surface area contributed by atoms with Crippen LogP contribution >= 0.6 is 0 Å². The Morgan fingerprint density at radius 1 is 1.10 bits per heavy atom. The topological polar surface area (TPSA) is 36.1 Å². The number of aryl methyl sites for hydroxylation is 2. The van der Waals surface area contributed by atoms with E-state index in [0.717, 1.165) is 22.2 Å². The fourth-order valence-electron chi connectivity index (χ4n) is 2.72. The van der Waals surface area contributed by atoms with Gasteiger partial charge >= 0.3 is 0 Å². The molecule has 3 rings (SSSR count). The van der Waals surface area contributed by atoms with Crippen molar-refractivity contribution in [3.8, 4) is 0 Å². The quantitative estimate of drug-likeness (QED) is 0.754. The minimum absolute atomic E-state index is 0.000553. The number of hydrogen-bond donors (Lipinski definition) is 1. The van der Waals surface area contributed by atoms with Crippen LogP contribution in [0.2, 0.25) is 0 Å². The summed E-state index contributed by atoms with van der Waals surface area (Å²) in [6.07, 6.45) is 1.78. The van der Waals surface area contributed by atoms with Crippen molar-refractivity contribution in [2.75, 3.05) is 11.9 Å². The normalized spacial score (nSPS) is 10.8. The van der Waals surface area contributed by atoms with Crippen LogP contribution < -0.4 is 4.90 Å². The maximum atomic E-state index is 12.8. The van der Waals surface area contributed by atoms with E-state index >= 15 is 0 Å². The van der Waals surface area contributed by atoms with Crippen molar-refractivity contribution in [2.45, 2.75) is 13.8 Å². The van der Waals surface area contributed by atoms with Gasteiger partial charge in [0.2, 0.25) is 0 Å². The monoisotopic (exact) mass is 278 g/mol. The van der Waals surface area contributed by atoms with Crippen molar-refractivity contribution in [1.29, 1.82) is 0 Å². The van der Waals surface area contributed by atoms with Crippen molar-refractivity contribution >= 4 is 22.5 Å². The Morgan fingerprint density at radius 2 is 1.86 bits per heavy atom. The van der Waals surface area contributed by atoms with E-state index in [1.54, 1.807) is 11.1 Å². The molecule has 3 aromatic rings. The number of fused-ring (bicyclic) bond motifs is 1. The molecule has 1 N–H and O–H groups in total. The Morgan fingerprint density at radius 3 is 2.62 bits per heavy atom. The molecule has 3 heteroatoms. The molecule has 106 valence electrons. The molecule has 0 saturated carbocycles. The number of para-hydroxylation sites is 1. The van der Waals surface area contributed by atoms with E-state index in [-0.39, 0.29) is 5.91 Å². The molecular formula is C18H18N2O. The summed E-state index contributed by atoms with van der Waals surface area (Å²) in [5.74, 6) is -0.000553. The molecule has 0 radical (unpaired) electrons. The lowest BCUT2D eigenvalue weighted by atomic mass is 10.1. The fraction of sp³-hybridized carbons (Fsp3) is 0.167. The first kappa shape index (κ1) is 13.4. The Kier molecular flexibility index (Phi) is 3.26. The maximum Gasteiger partial charge on any atom is 0.260 e. The number of rotatable bonds is 2. The number of benzene rings is 2. The van der Waals surface area contributed by atoms with Gasteiger partial charge in [-0.2, -0.15) is 0 Å². The number of aromatic amines is 1. The first-order chi connectivity index (χ1) is 10.1. The van der Waals surface area contributed by atoms with Crippen LogP contribution in [0.25, 0.3) is 10.9 Å². The maximum absolute atomic E-state index is 12.8. The minimum Gasteiger partial charge on any atom is -0.360 e. The molecule has 0 atom stereocenters. The number of anilines is 1. The van der Waals surface area contributed by atoms with Gasteiger partial charge in [-0.15, -0.1) is 0 Å². The van der Waals surface area contributed by atoms with Gasteiger partial charge in [0.05, 0.1) is 5.56 Å². The highest BCUT2D eigenvalue weighted by molar-refractivity contribution is 6.13. The van der Waals surface area contributed by atoms with E-state index < -0.39 is 0 Å². The molecule has 0 saturated heterocycles. The third-order valence-electron chi connectivity index (χ3n) is 3.84. The number of H-pyrrole nitrogens is 1. The number of aromatic nitrogens is 1. The first-order valence-corrected chi connectivity index (χ1v) is 6.99. The van der Waals surface area contributed by atoms with Gasteiger partial charge in [0.1, 0.15) is 0 Å². The predicted octanol–water partition coefficient (Wildman–Crippen LogP) is 4.06. The van der Waals surface area contributed by atoms with Crippen LogP contribution in [0.5, 0.6) is 0 Å². The highest BCUT2D eigenvalue weighted by atomic mass is 16.2. The fourth-order valence-corrected chi connectivity index (χ4v) is 2.72. The predicted molar refractivity (Wildman–Crippen MR) is 86.9 cm³/mol. The molecule has 0 unspecified atom stereocenters. The zero-order valence-electron chi connectivity index (χ0n) is 12.5. The zero-order valence-corrected chi connectivity index (χ0v) is 12.5. The molecule has 0 aliphatic carbocycles. The third-order valence-corrected chi connectivity index (χ3v) is 3.84. The van der Waals surface area contributed by atoms with E-state index in [9.17, 15) is 4.79 Å². The van der Waals surface area contributed by atoms with Gasteiger partial charge < -0.3 is 9.88 Å². The molecule has 0 spiro atoms. The average Bonchev–Trinajstić information content (AvgIpc) is 2.90. The molecule has 21 heavy (non-hydrogen) atoms. The lowest BCUT2D eigenvalue weighted by Crippen LogP contribution is -2.26. The minimum atomic E-state index is -0.000553. The number of nitrogens with zero attached hydrogens (tertiary/aromatic N) is 1. The summed E-state index contributed by atoms with van der Waals surface area (Å²) in [5.41, 5.74) is 4.92. The van der Waals surface area contributed by atoms with Crippen LogP contribution in [0.4, 0.5) is 5.69 Å².